The van der Waals surface area contributed by atoms with Crippen LogP contribution in [0.5, 0.6) is 0 Å². The highest BCUT2D eigenvalue weighted by molar-refractivity contribution is 5.96. The molecule has 0 amide bonds. The number of fused-ring (bicyclic) bond motifs is 3. The minimum Gasteiger partial charge on any atom is -0.306 e. The molecule has 0 saturated heterocycles. The molecule has 4 rings (SSSR count). The van der Waals surface area contributed by atoms with Crippen LogP contribution >= 0.6 is 0 Å². The molecule has 0 aliphatic rings. The summed E-state index contributed by atoms with van der Waals surface area (Å²) in [4.78, 5) is 42.1. The highest BCUT2D eigenvalue weighted by atomic mass is 16.2. The Morgan fingerprint density at radius 3 is 2.33 bits per heavy atom. The zero-order valence-corrected chi connectivity index (χ0v) is 15.6. The number of carbonyl (C=O) groups is 1. The van der Waals surface area contributed by atoms with Crippen LogP contribution in [0.4, 0.5) is 0 Å². The number of benzene rings is 1. The minimum atomic E-state index is -0.436. The van der Waals surface area contributed by atoms with Crippen molar-refractivity contribution in [3.63, 3.8) is 0 Å². The van der Waals surface area contributed by atoms with Crippen molar-refractivity contribution in [2.45, 2.75) is 20.4 Å². The van der Waals surface area contributed by atoms with Crippen LogP contribution in [0.15, 0.2) is 39.9 Å². The summed E-state index contributed by atoms with van der Waals surface area (Å²) >= 11 is 0. The Balaban J connectivity index is 2.01. The quantitative estimate of drug-likeness (QED) is 0.511. The lowest BCUT2D eigenvalue weighted by molar-refractivity contribution is 0.0972. The molecule has 0 atom stereocenters. The molecule has 8 heteroatoms. The van der Waals surface area contributed by atoms with E-state index in [9.17, 15) is 14.4 Å². The highest BCUT2D eigenvalue weighted by Gasteiger charge is 2.22. The summed E-state index contributed by atoms with van der Waals surface area (Å²) in [5, 5.41) is 0. The van der Waals surface area contributed by atoms with Crippen molar-refractivity contribution in [3.8, 4) is 0 Å². The molecule has 0 N–H and O–H groups in total. The number of imidazole rings is 2. The monoisotopic (exact) mass is 365 g/mol. The van der Waals surface area contributed by atoms with Gasteiger partial charge in [-0.3, -0.25) is 23.1 Å². The number of hydrogen-bond donors (Lipinski definition) is 0. The van der Waals surface area contributed by atoms with Crippen molar-refractivity contribution in [2.24, 2.45) is 14.1 Å². The molecular formula is C19H19N5O3. The molecule has 0 unspecified atom stereocenters. The van der Waals surface area contributed by atoms with Crippen molar-refractivity contribution < 1.29 is 4.79 Å². The molecule has 138 valence electrons. The van der Waals surface area contributed by atoms with Gasteiger partial charge in [-0.2, -0.15) is 4.98 Å². The second kappa shape index (κ2) is 5.80. The van der Waals surface area contributed by atoms with Gasteiger partial charge in [0.15, 0.2) is 16.9 Å². The third kappa shape index (κ3) is 2.29. The van der Waals surface area contributed by atoms with Gasteiger partial charge < -0.3 is 4.57 Å². The molecule has 0 bridgehead atoms. The number of aromatic nitrogens is 5. The van der Waals surface area contributed by atoms with E-state index in [4.69, 9.17) is 0 Å². The first-order chi connectivity index (χ1) is 12.8. The topological polar surface area (TPSA) is 83.3 Å². The molecule has 3 heterocycles. The van der Waals surface area contributed by atoms with Crippen LogP contribution in [0.3, 0.4) is 0 Å². The van der Waals surface area contributed by atoms with Crippen LogP contribution in [0, 0.1) is 13.8 Å². The van der Waals surface area contributed by atoms with Gasteiger partial charge in [0.25, 0.3) is 5.56 Å². The fraction of sp³-hybridized carbons (Fsp3) is 0.263. The van der Waals surface area contributed by atoms with Gasteiger partial charge in [-0.1, -0.05) is 30.3 Å². The van der Waals surface area contributed by atoms with Crippen molar-refractivity contribution in [1.82, 2.24) is 23.1 Å². The molecule has 0 fully saturated rings. The van der Waals surface area contributed by atoms with Crippen LogP contribution in [-0.2, 0) is 20.6 Å². The van der Waals surface area contributed by atoms with Gasteiger partial charge in [-0.15, -0.1) is 0 Å². The Labute approximate surface area is 153 Å². The second-order valence-corrected chi connectivity index (χ2v) is 6.67. The summed E-state index contributed by atoms with van der Waals surface area (Å²) in [6, 6.07) is 9.04. The van der Waals surface area contributed by atoms with Gasteiger partial charge in [-0.25, -0.2) is 4.79 Å². The summed E-state index contributed by atoms with van der Waals surface area (Å²) < 4.78 is 5.93. The number of Topliss-reactive ketones (excluding diaryl/α,β-unsaturated/α-hetero) is 1. The summed E-state index contributed by atoms with van der Waals surface area (Å²) in [5.74, 6) is 0.424. The normalized spacial score (nSPS) is 11.6. The average molecular weight is 365 g/mol. The Hall–Kier alpha value is -3.42. The fourth-order valence-corrected chi connectivity index (χ4v) is 3.44. The van der Waals surface area contributed by atoms with Crippen LogP contribution in [0.1, 0.15) is 21.7 Å². The molecule has 27 heavy (non-hydrogen) atoms. The number of hydrogen-bond acceptors (Lipinski definition) is 4. The van der Waals surface area contributed by atoms with Gasteiger partial charge in [0, 0.05) is 31.0 Å². The maximum atomic E-state index is 12.7. The summed E-state index contributed by atoms with van der Waals surface area (Å²) in [7, 11) is 3.03. The standard InChI is InChI=1S/C19H19N5O3/c1-11-12(2)24-15-16(21(3)19(27)22(4)17(15)26)20-18(24)23(11)10-14(25)13-8-6-5-7-9-13/h5-9H,10H2,1-4H3. The van der Waals surface area contributed by atoms with E-state index in [1.54, 1.807) is 28.1 Å². The van der Waals surface area contributed by atoms with Crippen molar-refractivity contribution in [2.75, 3.05) is 0 Å². The zero-order valence-electron chi connectivity index (χ0n) is 15.6. The maximum absolute atomic E-state index is 12.7. The Morgan fingerprint density at radius 1 is 1.00 bits per heavy atom. The number of rotatable bonds is 3. The molecule has 0 radical (unpaired) electrons. The lowest BCUT2D eigenvalue weighted by Gasteiger charge is -2.06. The third-order valence-corrected chi connectivity index (χ3v) is 5.14. The van der Waals surface area contributed by atoms with Crippen molar-refractivity contribution in [1.29, 1.82) is 0 Å². The van der Waals surface area contributed by atoms with E-state index in [1.165, 1.54) is 11.6 Å². The summed E-state index contributed by atoms with van der Waals surface area (Å²) in [5.41, 5.74) is 2.07. The largest absolute Gasteiger partial charge is 0.332 e. The van der Waals surface area contributed by atoms with Crippen molar-refractivity contribution in [3.05, 3.63) is 68.1 Å². The van der Waals surface area contributed by atoms with E-state index < -0.39 is 11.2 Å². The van der Waals surface area contributed by atoms with E-state index >= 15 is 0 Å². The van der Waals surface area contributed by atoms with Gasteiger partial charge in [0.1, 0.15) is 0 Å². The first kappa shape index (κ1) is 17.0. The SMILES string of the molecule is Cc1c(C)n2c3c(=O)n(C)c(=O)n(C)c3nc2n1CC(=O)c1ccccc1. The van der Waals surface area contributed by atoms with Crippen LogP contribution in [0.25, 0.3) is 16.9 Å². The summed E-state index contributed by atoms with van der Waals surface area (Å²) in [6.07, 6.45) is 0. The van der Waals surface area contributed by atoms with Crippen LogP contribution < -0.4 is 11.2 Å². The fourth-order valence-electron chi connectivity index (χ4n) is 3.44. The van der Waals surface area contributed by atoms with Crippen molar-refractivity contribution >= 4 is 22.7 Å². The van der Waals surface area contributed by atoms with Gasteiger partial charge in [0.05, 0.1) is 6.54 Å². The van der Waals surface area contributed by atoms with E-state index in [1.807, 2.05) is 32.0 Å². The van der Waals surface area contributed by atoms with Crippen LogP contribution in [-0.4, -0.2) is 28.9 Å². The van der Waals surface area contributed by atoms with Gasteiger partial charge in [0.2, 0.25) is 5.78 Å². The van der Waals surface area contributed by atoms with E-state index in [2.05, 4.69) is 4.98 Å². The predicted octanol–water partition coefficient (Wildman–Crippen LogP) is 1.19. The molecule has 1 aromatic carbocycles. The Bertz CT molecular complexity index is 1340. The molecule has 0 saturated carbocycles. The maximum Gasteiger partial charge on any atom is 0.332 e. The van der Waals surface area contributed by atoms with E-state index in [0.29, 0.717) is 22.5 Å². The molecule has 3 aromatic heterocycles. The first-order valence-corrected chi connectivity index (χ1v) is 8.55. The first-order valence-electron chi connectivity index (χ1n) is 8.55. The number of ketones is 1. The number of aryl methyl sites for hydroxylation is 2. The molecule has 4 aromatic rings. The second-order valence-electron chi connectivity index (χ2n) is 6.67. The summed E-state index contributed by atoms with van der Waals surface area (Å²) in [6.45, 7) is 3.86. The predicted molar refractivity (Wildman–Crippen MR) is 101 cm³/mol. The van der Waals surface area contributed by atoms with Gasteiger partial charge >= 0.3 is 5.69 Å². The Kier molecular flexibility index (Phi) is 3.66. The minimum absolute atomic E-state index is 0.0509. The van der Waals surface area contributed by atoms with E-state index in [0.717, 1.165) is 16.0 Å². The lowest BCUT2D eigenvalue weighted by Crippen LogP contribution is -2.37. The average Bonchev–Trinajstić information content (AvgIpc) is 3.17. The van der Waals surface area contributed by atoms with Crippen LogP contribution in [0.2, 0.25) is 0 Å². The Morgan fingerprint density at radius 2 is 1.67 bits per heavy atom. The highest BCUT2D eigenvalue weighted by Crippen LogP contribution is 2.21. The molecule has 8 nitrogen and oxygen atoms in total. The zero-order chi connectivity index (χ0) is 19.5. The van der Waals surface area contributed by atoms with E-state index in [-0.39, 0.29) is 12.3 Å². The molecule has 0 spiro atoms. The third-order valence-electron chi connectivity index (χ3n) is 5.14. The molecule has 0 aliphatic carbocycles. The molecule has 0 aliphatic heterocycles. The number of carbonyl (C=O) groups excluding carboxylic acids is 1. The van der Waals surface area contributed by atoms with Gasteiger partial charge in [-0.05, 0) is 13.8 Å². The number of nitrogens with zero attached hydrogens (tertiary/aromatic N) is 5. The smallest absolute Gasteiger partial charge is 0.306 e. The lowest BCUT2D eigenvalue weighted by atomic mass is 10.1. The molecular weight excluding hydrogens is 346 g/mol.